The third kappa shape index (κ3) is 6.10. The average Bonchev–Trinajstić information content (AvgIpc) is 2.85. The Morgan fingerprint density at radius 3 is 2.34 bits per heavy atom. The van der Waals surface area contributed by atoms with Gasteiger partial charge in [-0.2, -0.15) is 0 Å². The molecule has 1 saturated heterocycles. The van der Waals surface area contributed by atoms with Crippen molar-refractivity contribution in [2.75, 3.05) is 13.1 Å². The molecule has 1 amide bonds. The molecular weight excluding hydrogens is 400 g/mol. The molecule has 5 nitrogen and oxygen atoms in total. The zero-order valence-corrected chi connectivity index (χ0v) is 18.5. The van der Waals surface area contributed by atoms with Crippen molar-refractivity contribution in [3.63, 3.8) is 0 Å². The highest BCUT2D eigenvalue weighted by Crippen LogP contribution is 2.23. The largest absolute Gasteiger partial charge is 0.487 e. The van der Waals surface area contributed by atoms with Gasteiger partial charge in [0.25, 0.3) is 5.91 Å². The van der Waals surface area contributed by atoms with Gasteiger partial charge >= 0.3 is 0 Å². The van der Waals surface area contributed by atoms with Gasteiger partial charge in [-0.15, -0.1) is 0 Å². The van der Waals surface area contributed by atoms with Crippen LogP contribution >= 0.6 is 0 Å². The fourth-order valence-electron chi connectivity index (χ4n) is 4.07. The van der Waals surface area contributed by atoms with E-state index in [-0.39, 0.29) is 5.91 Å². The van der Waals surface area contributed by atoms with Gasteiger partial charge in [0, 0.05) is 19.3 Å². The molecule has 1 aromatic heterocycles. The van der Waals surface area contributed by atoms with E-state index >= 15 is 0 Å². The number of carbonyl (C=O) groups is 1. The molecular formula is C27H30N2O3. The van der Waals surface area contributed by atoms with Crippen LogP contribution in [0.15, 0.2) is 79.1 Å². The molecule has 2 aromatic carbocycles. The molecule has 1 aliphatic heterocycles. The number of likely N-dealkylation sites (tertiary alicyclic amines) is 1. The number of ether oxygens (including phenoxy) is 2. The Bertz CT molecular complexity index is 969. The zero-order valence-electron chi connectivity index (χ0n) is 18.5. The first-order chi connectivity index (χ1) is 15.7. The first-order valence-corrected chi connectivity index (χ1v) is 11.3. The van der Waals surface area contributed by atoms with Crippen LogP contribution in [0.5, 0.6) is 11.5 Å². The van der Waals surface area contributed by atoms with Crippen LogP contribution in [0.4, 0.5) is 0 Å². The van der Waals surface area contributed by atoms with Gasteiger partial charge in [-0.05, 0) is 67.5 Å². The number of para-hydroxylation sites is 1. The van der Waals surface area contributed by atoms with E-state index in [4.69, 9.17) is 9.47 Å². The smallest absolute Gasteiger partial charge is 0.263 e. The Morgan fingerprint density at radius 2 is 1.66 bits per heavy atom. The van der Waals surface area contributed by atoms with Gasteiger partial charge in [0.15, 0.2) is 6.10 Å². The van der Waals surface area contributed by atoms with E-state index in [1.165, 1.54) is 5.56 Å². The van der Waals surface area contributed by atoms with Crippen molar-refractivity contribution in [2.24, 2.45) is 5.92 Å². The molecule has 0 spiro atoms. The molecule has 1 aliphatic rings. The van der Waals surface area contributed by atoms with Crippen LogP contribution in [-0.2, 0) is 17.8 Å². The van der Waals surface area contributed by atoms with Crippen molar-refractivity contribution in [3.8, 4) is 11.5 Å². The Morgan fingerprint density at radius 1 is 0.969 bits per heavy atom. The molecule has 0 N–H and O–H groups in total. The van der Waals surface area contributed by atoms with Gasteiger partial charge in [-0.25, -0.2) is 0 Å². The lowest BCUT2D eigenvalue weighted by Gasteiger charge is -2.33. The van der Waals surface area contributed by atoms with E-state index < -0.39 is 6.10 Å². The summed E-state index contributed by atoms with van der Waals surface area (Å²) in [4.78, 5) is 18.8. The van der Waals surface area contributed by atoms with Crippen molar-refractivity contribution in [1.82, 2.24) is 9.88 Å². The number of hydrogen-bond acceptors (Lipinski definition) is 4. The van der Waals surface area contributed by atoms with E-state index in [0.717, 1.165) is 49.4 Å². The number of piperidine rings is 1. The molecule has 5 heteroatoms. The third-order valence-corrected chi connectivity index (χ3v) is 5.92. The highest BCUT2D eigenvalue weighted by molar-refractivity contribution is 5.81. The van der Waals surface area contributed by atoms with Crippen molar-refractivity contribution >= 4 is 5.91 Å². The van der Waals surface area contributed by atoms with E-state index in [0.29, 0.717) is 12.5 Å². The number of aromatic nitrogens is 1. The molecule has 2 heterocycles. The average molecular weight is 431 g/mol. The maximum absolute atomic E-state index is 12.8. The molecule has 0 aliphatic carbocycles. The van der Waals surface area contributed by atoms with Crippen LogP contribution < -0.4 is 9.47 Å². The highest BCUT2D eigenvalue weighted by Gasteiger charge is 2.27. The quantitative estimate of drug-likeness (QED) is 0.510. The predicted octanol–water partition coefficient (Wildman–Crippen LogP) is 4.91. The number of carbonyl (C=O) groups excluding carboxylic acids is 1. The van der Waals surface area contributed by atoms with Gasteiger partial charge in [0.2, 0.25) is 0 Å². The van der Waals surface area contributed by atoms with Crippen LogP contribution in [0.2, 0.25) is 0 Å². The second-order valence-electron chi connectivity index (χ2n) is 8.34. The van der Waals surface area contributed by atoms with E-state index in [2.05, 4.69) is 29.2 Å². The summed E-state index contributed by atoms with van der Waals surface area (Å²) in [6.45, 7) is 3.96. The van der Waals surface area contributed by atoms with E-state index in [1.54, 1.807) is 12.4 Å². The summed E-state index contributed by atoms with van der Waals surface area (Å²) in [5.74, 6) is 2.19. The van der Waals surface area contributed by atoms with E-state index in [9.17, 15) is 4.79 Å². The predicted molar refractivity (Wildman–Crippen MR) is 125 cm³/mol. The number of nitrogens with zero attached hydrogens (tertiary/aromatic N) is 2. The molecule has 4 rings (SSSR count). The molecule has 3 aromatic rings. The van der Waals surface area contributed by atoms with Crippen molar-refractivity contribution in [1.29, 1.82) is 0 Å². The summed E-state index contributed by atoms with van der Waals surface area (Å²) in [7, 11) is 0. The van der Waals surface area contributed by atoms with Crippen molar-refractivity contribution in [2.45, 2.75) is 38.9 Å². The summed E-state index contributed by atoms with van der Waals surface area (Å²) in [5.41, 5.74) is 2.48. The number of benzene rings is 2. The number of rotatable bonds is 8. The minimum atomic E-state index is -0.463. The normalized spacial score (nSPS) is 15.2. The van der Waals surface area contributed by atoms with Crippen LogP contribution in [0, 0.1) is 5.92 Å². The molecule has 1 atom stereocenters. The Hall–Kier alpha value is -3.34. The summed E-state index contributed by atoms with van der Waals surface area (Å²) in [6.07, 6.45) is 6.09. The summed E-state index contributed by atoms with van der Waals surface area (Å²) >= 11 is 0. The lowest BCUT2D eigenvalue weighted by molar-refractivity contribution is -0.139. The minimum absolute atomic E-state index is 0.0743. The molecule has 32 heavy (non-hydrogen) atoms. The molecule has 1 unspecified atom stereocenters. The lowest BCUT2D eigenvalue weighted by atomic mass is 9.90. The topological polar surface area (TPSA) is 51.7 Å². The monoisotopic (exact) mass is 430 g/mol. The van der Waals surface area contributed by atoms with Gasteiger partial charge in [0.05, 0.1) is 6.20 Å². The minimum Gasteiger partial charge on any atom is -0.487 e. The maximum Gasteiger partial charge on any atom is 0.263 e. The molecule has 0 radical (unpaired) electrons. The number of hydrogen-bond donors (Lipinski definition) is 0. The molecule has 1 fully saturated rings. The van der Waals surface area contributed by atoms with Crippen LogP contribution in [0.3, 0.4) is 0 Å². The lowest BCUT2D eigenvalue weighted by Crippen LogP contribution is -2.45. The standard InChI is InChI=1S/C27H30N2O3/c1-21(32-25-6-3-2-4-7-25)27(30)29-16-13-23(14-17-29)18-22-9-11-24(12-10-22)20-31-26-8-5-15-28-19-26/h2-12,15,19,21,23H,13-14,16-18,20H2,1H3. The Kier molecular flexibility index (Phi) is 7.38. The van der Waals surface area contributed by atoms with Gasteiger partial charge in [0.1, 0.15) is 18.1 Å². The van der Waals surface area contributed by atoms with Gasteiger partial charge in [-0.3, -0.25) is 9.78 Å². The maximum atomic E-state index is 12.8. The third-order valence-electron chi connectivity index (χ3n) is 5.92. The SMILES string of the molecule is CC(Oc1ccccc1)C(=O)N1CCC(Cc2ccc(COc3cccnc3)cc2)CC1. The van der Waals surface area contributed by atoms with E-state index in [1.807, 2.05) is 54.3 Å². The van der Waals surface area contributed by atoms with Crippen LogP contribution in [0.1, 0.15) is 30.9 Å². The van der Waals surface area contributed by atoms with Crippen LogP contribution in [0.25, 0.3) is 0 Å². The van der Waals surface area contributed by atoms with Gasteiger partial charge in [-0.1, -0.05) is 42.5 Å². The van der Waals surface area contributed by atoms with Crippen LogP contribution in [-0.4, -0.2) is 35.0 Å². The molecule has 0 bridgehead atoms. The first kappa shape index (κ1) is 21.9. The highest BCUT2D eigenvalue weighted by atomic mass is 16.5. The Balaban J connectivity index is 1.21. The van der Waals surface area contributed by atoms with Gasteiger partial charge < -0.3 is 14.4 Å². The first-order valence-electron chi connectivity index (χ1n) is 11.3. The zero-order chi connectivity index (χ0) is 22.2. The summed E-state index contributed by atoms with van der Waals surface area (Å²) in [5, 5.41) is 0. The molecule has 0 saturated carbocycles. The fraction of sp³-hybridized carbons (Fsp3) is 0.333. The summed E-state index contributed by atoms with van der Waals surface area (Å²) in [6, 6.07) is 22.0. The number of pyridine rings is 1. The number of amides is 1. The molecule has 166 valence electrons. The van der Waals surface area contributed by atoms with Crippen molar-refractivity contribution in [3.05, 3.63) is 90.3 Å². The second-order valence-corrected chi connectivity index (χ2v) is 8.34. The van der Waals surface area contributed by atoms with Crippen molar-refractivity contribution < 1.29 is 14.3 Å². The summed E-state index contributed by atoms with van der Waals surface area (Å²) < 4.78 is 11.6. The Labute approximate surface area is 190 Å². The fourth-order valence-corrected chi connectivity index (χ4v) is 4.07. The second kappa shape index (κ2) is 10.8.